The third-order valence-electron chi connectivity index (χ3n) is 4.08. The van der Waals surface area contributed by atoms with Crippen LogP contribution in [0, 0.1) is 18.8 Å². The van der Waals surface area contributed by atoms with Gasteiger partial charge in [0, 0.05) is 18.5 Å². The van der Waals surface area contributed by atoms with Gasteiger partial charge in [-0.2, -0.15) is 5.10 Å². The van der Waals surface area contributed by atoms with E-state index in [9.17, 15) is 4.79 Å². The van der Waals surface area contributed by atoms with Gasteiger partial charge in [-0.25, -0.2) is 0 Å². The van der Waals surface area contributed by atoms with E-state index in [1.54, 1.807) is 0 Å². The van der Waals surface area contributed by atoms with Gasteiger partial charge >= 0.3 is 0 Å². The molecule has 1 saturated heterocycles. The summed E-state index contributed by atoms with van der Waals surface area (Å²) in [6.45, 7) is 8.13. The van der Waals surface area contributed by atoms with Gasteiger partial charge in [-0.05, 0) is 37.3 Å². The number of amides is 1. The lowest BCUT2D eigenvalue weighted by molar-refractivity contribution is 0.0619. The van der Waals surface area contributed by atoms with Gasteiger partial charge in [-0.15, -0.1) is 0 Å². The molecular formula is C16H21N3O. The molecule has 1 fully saturated rings. The fourth-order valence-corrected chi connectivity index (χ4v) is 3.27. The number of aryl methyl sites for hydroxylation is 1. The quantitative estimate of drug-likeness (QED) is 0.866. The molecule has 1 aliphatic heterocycles. The van der Waals surface area contributed by atoms with Gasteiger partial charge in [0.15, 0.2) is 5.69 Å². The molecule has 0 aliphatic carbocycles. The first-order chi connectivity index (χ1) is 9.54. The second kappa shape index (κ2) is 4.93. The Hall–Kier alpha value is -1.84. The Morgan fingerprint density at radius 1 is 1.30 bits per heavy atom. The van der Waals surface area contributed by atoms with E-state index in [1.165, 1.54) is 6.42 Å². The first kappa shape index (κ1) is 13.2. The average Bonchev–Trinajstić information content (AvgIpc) is 2.79. The molecule has 0 radical (unpaired) electrons. The standard InChI is InChI=1S/C16H21N3O/c1-10-4-5-14-13(7-10)15(18-17-14)16(20)19-8-11(2)6-12(3)9-19/h4-5,7,11-12H,6,8-9H2,1-3H3,(H,17,18). The number of carbonyl (C=O) groups excluding carboxylic acids is 1. The fraction of sp³-hybridized carbons (Fsp3) is 0.500. The molecule has 1 amide bonds. The van der Waals surface area contributed by atoms with Crippen LogP contribution in [-0.4, -0.2) is 34.1 Å². The number of carbonyl (C=O) groups is 1. The van der Waals surface area contributed by atoms with Gasteiger partial charge in [-0.1, -0.05) is 25.5 Å². The van der Waals surface area contributed by atoms with E-state index in [4.69, 9.17) is 0 Å². The predicted octanol–water partition coefficient (Wildman–Crippen LogP) is 2.99. The van der Waals surface area contributed by atoms with Crippen LogP contribution in [0.15, 0.2) is 18.2 Å². The lowest BCUT2D eigenvalue weighted by Gasteiger charge is -2.34. The van der Waals surface area contributed by atoms with Crippen molar-refractivity contribution >= 4 is 16.8 Å². The van der Waals surface area contributed by atoms with Gasteiger partial charge in [-0.3, -0.25) is 9.89 Å². The molecule has 1 aliphatic rings. The Kier molecular flexibility index (Phi) is 3.24. The second-order valence-electron chi connectivity index (χ2n) is 6.28. The summed E-state index contributed by atoms with van der Waals surface area (Å²) in [5.74, 6) is 1.18. The number of hydrogen-bond acceptors (Lipinski definition) is 2. The third-order valence-corrected chi connectivity index (χ3v) is 4.08. The minimum atomic E-state index is 0.0558. The third kappa shape index (κ3) is 2.30. The van der Waals surface area contributed by atoms with E-state index >= 15 is 0 Å². The van der Waals surface area contributed by atoms with Crippen LogP contribution in [-0.2, 0) is 0 Å². The molecule has 20 heavy (non-hydrogen) atoms. The first-order valence-electron chi connectivity index (χ1n) is 7.28. The molecule has 0 bridgehead atoms. The summed E-state index contributed by atoms with van der Waals surface area (Å²) in [5, 5.41) is 8.14. The molecular weight excluding hydrogens is 250 g/mol. The second-order valence-corrected chi connectivity index (χ2v) is 6.28. The van der Waals surface area contributed by atoms with Crippen LogP contribution in [0.5, 0.6) is 0 Å². The molecule has 2 atom stereocenters. The number of nitrogens with one attached hydrogen (secondary N) is 1. The monoisotopic (exact) mass is 271 g/mol. The highest BCUT2D eigenvalue weighted by atomic mass is 16.2. The molecule has 2 heterocycles. The Morgan fingerprint density at radius 2 is 2.00 bits per heavy atom. The summed E-state index contributed by atoms with van der Waals surface area (Å²) in [6.07, 6.45) is 1.20. The number of benzene rings is 1. The van der Waals surface area contributed by atoms with Crippen LogP contribution in [0.2, 0.25) is 0 Å². The number of aromatic nitrogens is 2. The molecule has 4 nitrogen and oxygen atoms in total. The smallest absolute Gasteiger partial charge is 0.275 e. The minimum Gasteiger partial charge on any atom is -0.337 e. The van der Waals surface area contributed by atoms with Crippen molar-refractivity contribution in [3.05, 3.63) is 29.5 Å². The molecule has 0 spiro atoms. The van der Waals surface area contributed by atoms with Crippen molar-refractivity contribution in [1.82, 2.24) is 15.1 Å². The van der Waals surface area contributed by atoms with Crippen LogP contribution < -0.4 is 0 Å². The lowest BCUT2D eigenvalue weighted by atomic mass is 9.91. The highest BCUT2D eigenvalue weighted by molar-refractivity contribution is 6.04. The zero-order valence-electron chi connectivity index (χ0n) is 12.3. The van der Waals surface area contributed by atoms with Crippen molar-refractivity contribution in [3.8, 4) is 0 Å². The summed E-state index contributed by atoms with van der Waals surface area (Å²) >= 11 is 0. The Bertz CT molecular complexity index is 636. The molecule has 1 aromatic carbocycles. The topological polar surface area (TPSA) is 49.0 Å². The highest BCUT2D eigenvalue weighted by Crippen LogP contribution is 2.24. The summed E-state index contributed by atoms with van der Waals surface area (Å²) in [7, 11) is 0. The van der Waals surface area contributed by atoms with Gasteiger partial charge < -0.3 is 4.90 Å². The lowest BCUT2D eigenvalue weighted by Crippen LogP contribution is -2.42. The van der Waals surface area contributed by atoms with Crippen LogP contribution in [0.3, 0.4) is 0 Å². The van der Waals surface area contributed by atoms with Gasteiger partial charge in [0.05, 0.1) is 5.52 Å². The summed E-state index contributed by atoms with van der Waals surface area (Å²) in [6, 6.07) is 6.04. The molecule has 4 heteroatoms. The molecule has 2 aromatic rings. The maximum absolute atomic E-state index is 12.7. The van der Waals surface area contributed by atoms with E-state index < -0.39 is 0 Å². The number of rotatable bonds is 1. The molecule has 1 aromatic heterocycles. The summed E-state index contributed by atoms with van der Waals surface area (Å²) < 4.78 is 0. The van der Waals surface area contributed by atoms with Crippen molar-refractivity contribution in [1.29, 1.82) is 0 Å². The molecule has 0 saturated carbocycles. The van der Waals surface area contributed by atoms with Crippen molar-refractivity contribution in [2.24, 2.45) is 11.8 Å². The number of aromatic amines is 1. The minimum absolute atomic E-state index is 0.0558. The highest BCUT2D eigenvalue weighted by Gasteiger charge is 2.28. The number of likely N-dealkylation sites (tertiary alicyclic amines) is 1. The van der Waals surface area contributed by atoms with Gasteiger partial charge in [0.1, 0.15) is 0 Å². The first-order valence-corrected chi connectivity index (χ1v) is 7.28. The average molecular weight is 271 g/mol. The van der Waals surface area contributed by atoms with Crippen molar-refractivity contribution < 1.29 is 4.79 Å². The van der Waals surface area contributed by atoms with Crippen LogP contribution in [0.1, 0.15) is 36.3 Å². The zero-order chi connectivity index (χ0) is 14.3. The van der Waals surface area contributed by atoms with Crippen molar-refractivity contribution in [3.63, 3.8) is 0 Å². The van der Waals surface area contributed by atoms with E-state index in [-0.39, 0.29) is 5.91 Å². The normalized spacial score (nSPS) is 23.2. The maximum Gasteiger partial charge on any atom is 0.275 e. The SMILES string of the molecule is Cc1ccc2[nH]nc(C(=O)N3CC(C)CC(C)C3)c2c1. The number of fused-ring (bicyclic) bond motifs is 1. The molecule has 3 rings (SSSR count). The zero-order valence-corrected chi connectivity index (χ0v) is 12.3. The largest absolute Gasteiger partial charge is 0.337 e. The van der Waals surface area contributed by atoms with E-state index in [0.717, 1.165) is 29.6 Å². The fourth-order valence-electron chi connectivity index (χ4n) is 3.27. The van der Waals surface area contributed by atoms with Crippen molar-refractivity contribution in [2.45, 2.75) is 27.2 Å². The maximum atomic E-state index is 12.7. The number of piperidine rings is 1. The number of hydrogen-bond donors (Lipinski definition) is 1. The summed E-state index contributed by atoms with van der Waals surface area (Å²) in [4.78, 5) is 14.7. The van der Waals surface area contributed by atoms with Crippen LogP contribution in [0.4, 0.5) is 0 Å². The van der Waals surface area contributed by atoms with E-state index in [1.807, 2.05) is 30.0 Å². The molecule has 106 valence electrons. The van der Waals surface area contributed by atoms with Crippen molar-refractivity contribution in [2.75, 3.05) is 13.1 Å². The van der Waals surface area contributed by atoms with Gasteiger partial charge in [0.25, 0.3) is 5.91 Å². The van der Waals surface area contributed by atoms with E-state index in [2.05, 4.69) is 24.0 Å². The van der Waals surface area contributed by atoms with Gasteiger partial charge in [0.2, 0.25) is 0 Å². The number of H-pyrrole nitrogens is 1. The van der Waals surface area contributed by atoms with Crippen LogP contribution >= 0.6 is 0 Å². The Labute approximate surface area is 119 Å². The Balaban J connectivity index is 1.94. The summed E-state index contributed by atoms with van der Waals surface area (Å²) in [5.41, 5.74) is 2.63. The predicted molar refractivity (Wildman–Crippen MR) is 79.7 cm³/mol. The van der Waals surface area contributed by atoms with E-state index in [0.29, 0.717) is 17.5 Å². The molecule has 2 unspecified atom stereocenters. The Morgan fingerprint density at radius 3 is 2.70 bits per heavy atom. The molecule has 1 N–H and O–H groups in total. The van der Waals surface area contributed by atoms with Crippen LogP contribution in [0.25, 0.3) is 10.9 Å². The number of nitrogens with zero attached hydrogens (tertiary/aromatic N) is 2.